The number of hydrogen-bond acceptors (Lipinski definition) is 3. The summed E-state index contributed by atoms with van der Waals surface area (Å²) in [4.78, 5) is 16.9. The molecule has 0 amide bonds. The number of anilines is 1. The van der Waals surface area contributed by atoms with Gasteiger partial charge < -0.3 is 10.0 Å². The average molecular weight is 220 g/mol. The van der Waals surface area contributed by atoms with Crippen LogP contribution in [0, 0.1) is 5.92 Å². The molecule has 86 valence electrons. The summed E-state index contributed by atoms with van der Waals surface area (Å²) in [5.41, 5.74) is 1.14. The Labute approximate surface area is 94.9 Å². The summed E-state index contributed by atoms with van der Waals surface area (Å²) in [5.74, 6) is -0.416. The zero-order chi connectivity index (χ0) is 11.4. The third-order valence-corrected chi connectivity index (χ3v) is 3.01. The number of carboxylic acids is 1. The van der Waals surface area contributed by atoms with Crippen LogP contribution < -0.4 is 4.90 Å². The third-order valence-electron chi connectivity index (χ3n) is 3.01. The van der Waals surface area contributed by atoms with E-state index in [-0.39, 0.29) is 12.3 Å². The predicted octanol–water partition coefficient (Wildman–Crippen LogP) is 1.77. The smallest absolute Gasteiger partial charge is 0.303 e. The molecule has 1 fully saturated rings. The number of aromatic nitrogens is 1. The second-order valence-electron chi connectivity index (χ2n) is 4.26. The molecule has 1 unspecified atom stereocenters. The Hall–Kier alpha value is -1.58. The largest absolute Gasteiger partial charge is 0.481 e. The number of piperidine rings is 1. The first-order chi connectivity index (χ1) is 7.75. The minimum Gasteiger partial charge on any atom is -0.481 e. The lowest BCUT2D eigenvalue weighted by Gasteiger charge is -2.33. The Kier molecular flexibility index (Phi) is 3.39. The van der Waals surface area contributed by atoms with E-state index in [4.69, 9.17) is 5.11 Å². The topological polar surface area (TPSA) is 53.4 Å². The van der Waals surface area contributed by atoms with Crippen LogP contribution in [-0.4, -0.2) is 29.1 Å². The van der Waals surface area contributed by atoms with Crippen LogP contribution in [0.2, 0.25) is 0 Å². The molecule has 0 spiro atoms. The van der Waals surface area contributed by atoms with Crippen LogP contribution in [-0.2, 0) is 4.79 Å². The minimum absolute atomic E-state index is 0.277. The summed E-state index contributed by atoms with van der Waals surface area (Å²) < 4.78 is 0. The van der Waals surface area contributed by atoms with Crippen LogP contribution in [0.25, 0.3) is 0 Å². The Morgan fingerprint density at radius 3 is 2.94 bits per heavy atom. The number of pyridine rings is 1. The van der Waals surface area contributed by atoms with Gasteiger partial charge in [-0.3, -0.25) is 9.78 Å². The molecule has 1 aliphatic heterocycles. The van der Waals surface area contributed by atoms with Gasteiger partial charge in [-0.1, -0.05) is 0 Å². The molecular weight excluding hydrogens is 204 g/mol. The standard InChI is InChI=1S/C12H16N2O2/c15-12(16)8-10-2-1-7-14(9-10)11-3-5-13-6-4-11/h3-6,10H,1-2,7-9H2,(H,15,16). The lowest BCUT2D eigenvalue weighted by Crippen LogP contribution is -2.36. The molecular formula is C12H16N2O2. The van der Waals surface area contributed by atoms with Crippen molar-refractivity contribution in [2.75, 3.05) is 18.0 Å². The Bertz CT molecular complexity index is 353. The molecule has 0 radical (unpaired) electrons. The van der Waals surface area contributed by atoms with Gasteiger partial charge in [-0.05, 0) is 30.9 Å². The molecule has 1 aromatic rings. The number of nitrogens with zero attached hydrogens (tertiary/aromatic N) is 2. The van der Waals surface area contributed by atoms with Gasteiger partial charge in [-0.2, -0.15) is 0 Å². The van der Waals surface area contributed by atoms with E-state index in [1.54, 1.807) is 12.4 Å². The summed E-state index contributed by atoms with van der Waals surface area (Å²) in [6, 6.07) is 3.95. The summed E-state index contributed by atoms with van der Waals surface area (Å²) in [7, 11) is 0. The molecule has 0 saturated carbocycles. The number of aliphatic carboxylic acids is 1. The Morgan fingerprint density at radius 1 is 1.50 bits per heavy atom. The van der Waals surface area contributed by atoms with Gasteiger partial charge in [0, 0.05) is 37.6 Å². The Morgan fingerprint density at radius 2 is 2.25 bits per heavy atom. The van der Waals surface area contributed by atoms with E-state index in [0.717, 1.165) is 31.6 Å². The Balaban J connectivity index is 1.99. The van der Waals surface area contributed by atoms with E-state index in [1.165, 1.54) is 0 Å². The van der Waals surface area contributed by atoms with E-state index in [2.05, 4.69) is 9.88 Å². The fourth-order valence-corrected chi connectivity index (χ4v) is 2.27. The predicted molar refractivity (Wildman–Crippen MR) is 61.4 cm³/mol. The normalized spacial score (nSPS) is 20.8. The van der Waals surface area contributed by atoms with Crippen molar-refractivity contribution in [2.45, 2.75) is 19.3 Å². The summed E-state index contributed by atoms with van der Waals surface area (Å²) in [6.07, 6.45) is 5.92. The first kappa shape index (κ1) is 10.9. The number of hydrogen-bond donors (Lipinski definition) is 1. The summed E-state index contributed by atoms with van der Waals surface area (Å²) in [6.45, 7) is 1.86. The fourth-order valence-electron chi connectivity index (χ4n) is 2.27. The van der Waals surface area contributed by atoms with Crippen LogP contribution in [0.4, 0.5) is 5.69 Å². The minimum atomic E-state index is -0.693. The molecule has 16 heavy (non-hydrogen) atoms. The maximum atomic E-state index is 10.7. The van der Waals surface area contributed by atoms with Gasteiger partial charge in [-0.15, -0.1) is 0 Å². The van der Waals surface area contributed by atoms with E-state index >= 15 is 0 Å². The maximum absolute atomic E-state index is 10.7. The highest BCUT2D eigenvalue weighted by Crippen LogP contribution is 2.24. The molecule has 2 heterocycles. The SMILES string of the molecule is O=C(O)CC1CCCN(c2ccncc2)C1. The monoisotopic (exact) mass is 220 g/mol. The highest BCUT2D eigenvalue weighted by Gasteiger charge is 2.21. The second kappa shape index (κ2) is 4.96. The lowest BCUT2D eigenvalue weighted by molar-refractivity contribution is -0.138. The van der Waals surface area contributed by atoms with Gasteiger partial charge in [0.15, 0.2) is 0 Å². The van der Waals surface area contributed by atoms with E-state index in [9.17, 15) is 4.79 Å². The fraction of sp³-hybridized carbons (Fsp3) is 0.500. The van der Waals surface area contributed by atoms with E-state index in [1.807, 2.05) is 12.1 Å². The highest BCUT2D eigenvalue weighted by atomic mass is 16.4. The van der Waals surface area contributed by atoms with Gasteiger partial charge >= 0.3 is 5.97 Å². The zero-order valence-electron chi connectivity index (χ0n) is 9.17. The first-order valence-electron chi connectivity index (χ1n) is 5.62. The van der Waals surface area contributed by atoms with Crippen molar-refractivity contribution in [1.29, 1.82) is 0 Å². The molecule has 1 aromatic heterocycles. The van der Waals surface area contributed by atoms with Crippen molar-refractivity contribution in [2.24, 2.45) is 5.92 Å². The van der Waals surface area contributed by atoms with Crippen LogP contribution in [0.3, 0.4) is 0 Å². The third kappa shape index (κ3) is 2.72. The van der Waals surface area contributed by atoms with E-state index < -0.39 is 5.97 Å². The maximum Gasteiger partial charge on any atom is 0.303 e. The number of rotatable bonds is 3. The molecule has 1 aliphatic rings. The molecule has 0 aliphatic carbocycles. The highest BCUT2D eigenvalue weighted by molar-refractivity contribution is 5.67. The van der Waals surface area contributed by atoms with Crippen molar-refractivity contribution in [3.8, 4) is 0 Å². The van der Waals surface area contributed by atoms with Crippen LogP contribution in [0.1, 0.15) is 19.3 Å². The van der Waals surface area contributed by atoms with Crippen LogP contribution in [0.5, 0.6) is 0 Å². The molecule has 0 aromatic carbocycles. The molecule has 1 atom stereocenters. The molecule has 4 nitrogen and oxygen atoms in total. The zero-order valence-corrected chi connectivity index (χ0v) is 9.17. The first-order valence-corrected chi connectivity index (χ1v) is 5.62. The molecule has 1 saturated heterocycles. The van der Waals surface area contributed by atoms with Crippen LogP contribution in [0.15, 0.2) is 24.5 Å². The molecule has 0 bridgehead atoms. The second-order valence-corrected chi connectivity index (χ2v) is 4.26. The van der Waals surface area contributed by atoms with Gasteiger partial charge in [0.25, 0.3) is 0 Å². The number of carbonyl (C=O) groups is 1. The van der Waals surface area contributed by atoms with Crippen molar-refractivity contribution >= 4 is 11.7 Å². The molecule has 4 heteroatoms. The average Bonchev–Trinajstić information content (AvgIpc) is 2.30. The van der Waals surface area contributed by atoms with Crippen LogP contribution >= 0.6 is 0 Å². The lowest BCUT2D eigenvalue weighted by atomic mass is 9.94. The van der Waals surface area contributed by atoms with Crippen molar-refractivity contribution in [3.63, 3.8) is 0 Å². The van der Waals surface area contributed by atoms with Gasteiger partial charge in [0.1, 0.15) is 0 Å². The van der Waals surface area contributed by atoms with Crippen molar-refractivity contribution in [1.82, 2.24) is 4.98 Å². The quantitative estimate of drug-likeness (QED) is 0.843. The van der Waals surface area contributed by atoms with E-state index in [0.29, 0.717) is 0 Å². The molecule has 2 rings (SSSR count). The van der Waals surface area contributed by atoms with Gasteiger partial charge in [-0.25, -0.2) is 0 Å². The van der Waals surface area contributed by atoms with Gasteiger partial charge in [0.05, 0.1) is 0 Å². The van der Waals surface area contributed by atoms with Gasteiger partial charge in [0.2, 0.25) is 0 Å². The molecule has 1 N–H and O–H groups in total. The summed E-state index contributed by atoms with van der Waals surface area (Å²) in [5, 5.41) is 8.79. The van der Waals surface area contributed by atoms with Crippen molar-refractivity contribution in [3.05, 3.63) is 24.5 Å². The number of carboxylic acid groups (broad SMARTS) is 1. The summed E-state index contributed by atoms with van der Waals surface area (Å²) >= 11 is 0. The van der Waals surface area contributed by atoms with Crippen molar-refractivity contribution < 1.29 is 9.90 Å².